The molecule has 0 spiro atoms. The van der Waals surface area contributed by atoms with Crippen molar-refractivity contribution < 1.29 is 9.47 Å². The van der Waals surface area contributed by atoms with Gasteiger partial charge in [-0.1, -0.05) is 26.0 Å². The predicted molar refractivity (Wildman–Crippen MR) is 116 cm³/mol. The van der Waals surface area contributed by atoms with Crippen molar-refractivity contribution in [2.75, 3.05) is 39.7 Å². The zero-order chi connectivity index (χ0) is 19.7. The third kappa shape index (κ3) is 6.92. The molecule has 6 heteroatoms. The largest absolute Gasteiger partial charge is 0.493 e. The molecule has 0 bridgehead atoms. The van der Waals surface area contributed by atoms with Crippen LogP contribution in [0, 0.1) is 5.92 Å². The third-order valence-corrected chi connectivity index (χ3v) is 6.37. The first-order chi connectivity index (χ1) is 13.0. The van der Waals surface area contributed by atoms with E-state index < -0.39 is 0 Å². The van der Waals surface area contributed by atoms with Crippen molar-refractivity contribution in [3.63, 3.8) is 0 Å². The highest BCUT2D eigenvalue weighted by atomic mass is 32.2. The van der Waals surface area contributed by atoms with Gasteiger partial charge in [0, 0.05) is 31.6 Å². The number of thioether (sulfide) groups is 1. The van der Waals surface area contributed by atoms with Gasteiger partial charge in [0.1, 0.15) is 5.75 Å². The third-order valence-electron chi connectivity index (χ3n) is 4.96. The second-order valence-corrected chi connectivity index (χ2v) is 8.84. The van der Waals surface area contributed by atoms with E-state index in [-0.39, 0.29) is 10.8 Å². The van der Waals surface area contributed by atoms with E-state index in [2.05, 4.69) is 54.8 Å². The number of nitrogens with zero attached hydrogens (tertiary/aromatic N) is 1. The van der Waals surface area contributed by atoms with E-state index in [0.29, 0.717) is 5.92 Å². The van der Waals surface area contributed by atoms with Gasteiger partial charge in [-0.3, -0.25) is 4.99 Å². The summed E-state index contributed by atoms with van der Waals surface area (Å²) in [5, 5.41) is 7.00. The fourth-order valence-corrected chi connectivity index (χ4v) is 3.83. The van der Waals surface area contributed by atoms with Crippen LogP contribution in [0.25, 0.3) is 0 Å². The van der Waals surface area contributed by atoms with E-state index in [1.54, 1.807) is 0 Å². The fourth-order valence-electron chi connectivity index (χ4n) is 3.04. The number of hydrogen-bond acceptors (Lipinski definition) is 4. The summed E-state index contributed by atoms with van der Waals surface area (Å²) in [6.45, 7) is 9.78. The minimum atomic E-state index is 0.162. The topological polar surface area (TPSA) is 54.9 Å². The molecule has 27 heavy (non-hydrogen) atoms. The van der Waals surface area contributed by atoms with Crippen LogP contribution in [0.2, 0.25) is 0 Å². The lowest BCUT2D eigenvalue weighted by molar-refractivity contribution is 0.0782. The van der Waals surface area contributed by atoms with Crippen LogP contribution >= 0.6 is 11.8 Å². The summed E-state index contributed by atoms with van der Waals surface area (Å²) in [4.78, 5) is 4.40. The molecule has 0 amide bonds. The number of rotatable bonds is 8. The zero-order valence-electron chi connectivity index (χ0n) is 17.4. The molecule has 1 aliphatic heterocycles. The zero-order valence-corrected chi connectivity index (χ0v) is 18.2. The van der Waals surface area contributed by atoms with Gasteiger partial charge in [0.05, 0.1) is 12.6 Å². The van der Waals surface area contributed by atoms with Crippen LogP contribution in [-0.2, 0) is 4.74 Å². The molecule has 2 rings (SSSR count). The average molecular weight is 394 g/mol. The van der Waals surface area contributed by atoms with E-state index in [1.807, 2.05) is 30.9 Å². The summed E-state index contributed by atoms with van der Waals surface area (Å²) >= 11 is 1.93. The molecule has 1 aromatic carbocycles. The molecular formula is C21H35N3O2S. The Morgan fingerprint density at radius 1 is 1.22 bits per heavy atom. The Labute approximate surface area is 168 Å². The molecule has 5 nitrogen and oxygen atoms in total. The van der Waals surface area contributed by atoms with Crippen molar-refractivity contribution in [2.24, 2.45) is 10.9 Å². The Morgan fingerprint density at radius 3 is 2.44 bits per heavy atom. The van der Waals surface area contributed by atoms with Gasteiger partial charge in [-0.15, -0.1) is 0 Å². The quantitative estimate of drug-likeness (QED) is 0.519. The van der Waals surface area contributed by atoms with Crippen molar-refractivity contribution in [1.29, 1.82) is 0 Å². The van der Waals surface area contributed by atoms with Gasteiger partial charge in [0.25, 0.3) is 0 Å². The van der Waals surface area contributed by atoms with Gasteiger partial charge in [0.2, 0.25) is 0 Å². The normalized spacial score (nSPS) is 18.2. The van der Waals surface area contributed by atoms with Gasteiger partial charge in [0.15, 0.2) is 5.96 Å². The summed E-state index contributed by atoms with van der Waals surface area (Å²) < 4.78 is 11.5. The number of guanidine groups is 1. The minimum absolute atomic E-state index is 0.162. The maximum absolute atomic E-state index is 5.76. The molecule has 1 heterocycles. The highest BCUT2D eigenvalue weighted by Gasteiger charge is 2.31. The van der Waals surface area contributed by atoms with Crippen LogP contribution in [0.4, 0.5) is 0 Å². The molecule has 2 N–H and O–H groups in total. The van der Waals surface area contributed by atoms with Crippen LogP contribution < -0.4 is 15.4 Å². The smallest absolute Gasteiger partial charge is 0.191 e. The SMILES string of the molecule is CN=C(NCC1(SC)CCOCC1)NC(C)c1ccc(OCC(C)C)cc1. The van der Waals surface area contributed by atoms with Crippen molar-refractivity contribution in [1.82, 2.24) is 10.6 Å². The van der Waals surface area contributed by atoms with E-state index in [4.69, 9.17) is 9.47 Å². The molecular weight excluding hydrogens is 358 g/mol. The van der Waals surface area contributed by atoms with Gasteiger partial charge >= 0.3 is 0 Å². The lowest BCUT2D eigenvalue weighted by Gasteiger charge is -2.36. The molecule has 1 atom stereocenters. The Morgan fingerprint density at radius 2 is 1.89 bits per heavy atom. The van der Waals surface area contributed by atoms with Crippen LogP contribution in [0.5, 0.6) is 5.75 Å². The second kappa shape index (κ2) is 10.8. The summed E-state index contributed by atoms with van der Waals surface area (Å²) in [5.74, 6) is 2.28. The Kier molecular flexibility index (Phi) is 8.77. The highest BCUT2D eigenvalue weighted by molar-refractivity contribution is 8.00. The fraction of sp³-hybridized carbons (Fsp3) is 0.667. The number of ether oxygens (including phenoxy) is 2. The molecule has 1 aromatic rings. The predicted octanol–water partition coefficient (Wildman–Crippen LogP) is 3.86. The van der Waals surface area contributed by atoms with Crippen LogP contribution in [0.1, 0.15) is 45.2 Å². The maximum atomic E-state index is 5.76. The summed E-state index contributed by atoms with van der Waals surface area (Å²) in [6.07, 6.45) is 4.34. The average Bonchev–Trinajstić information content (AvgIpc) is 2.70. The first-order valence-electron chi connectivity index (χ1n) is 9.81. The lowest BCUT2D eigenvalue weighted by atomic mass is 9.99. The maximum Gasteiger partial charge on any atom is 0.191 e. The highest BCUT2D eigenvalue weighted by Crippen LogP contribution is 2.33. The molecule has 0 saturated carbocycles. The minimum Gasteiger partial charge on any atom is -0.493 e. The number of hydrogen-bond donors (Lipinski definition) is 2. The molecule has 1 fully saturated rings. The molecule has 1 aliphatic rings. The summed E-state index contributed by atoms with van der Waals surface area (Å²) in [5.41, 5.74) is 1.21. The number of benzene rings is 1. The molecule has 0 radical (unpaired) electrons. The monoisotopic (exact) mass is 393 g/mol. The number of aliphatic imine (C=N–C) groups is 1. The molecule has 1 saturated heterocycles. The van der Waals surface area contributed by atoms with Gasteiger partial charge in [-0.25, -0.2) is 0 Å². The van der Waals surface area contributed by atoms with Crippen molar-refractivity contribution in [2.45, 2.75) is 44.4 Å². The number of nitrogens with one attached hydrogen (secondary N) is 2. The molecule has 0 aliphatic carbocycles. The van der Waals surface area contributed by atoms with Crippen molar-refractivity contribution >= 4 is 17.7 Å². The van der Waals surface area contributed by atoms with E-state index in [9.17, 15) is 0 Å². The Balaban J connectivity index is 1.87. The van der Waals surface area contributed by atoms with Crippen molar-refractivity contribution in [3.8, 4) is 5.75 Å². The first-order valence-corrected chi connectivity index (χ1v) is 11.0. The Hall–Kier alpha value is -1.40. The van der Waals surface area contributed by atoms with E-state index in [0.717, 1.165) is 50.9 Å². The van der Waals surface area contributed by atoms with Crippen molar-refractivity contribution in [3.05, 3.63) is 29.8 Å². The van der Waals surface area contributed by atoms with Gasteiger partial charge < -0.3 is 20.1 Å². The van der Waals surface area contributed by atoms with Crippen LogP contribution in [-0.4, -0.2) is 50.4 Å². The summed E-state index contributed by atoms with van der Waals surface area (Å²) in [6, 6.07) is 8.47. The van der Waals surface area contributed by atoms with Crippen LogP contribution in [0.15, 0.2) is 29.3 Å². The van der Waals surface area contributed by atoms with E-state index in [1.165, 1.54) is 5.56 Å². The second-order valence-electron chi connectivity index (χ2n) is 7.57. The lowest BCUT2D eigenvalue weighted by Crippen LogP contribution is -2.48. The first kappa shape index (κ1) is 21.9. The molecule has 1 unspecified atom stereocenters. The van der Waals surface area contributed by atoms with Crippen LogP contribution in [0.3, 0.4) is 0 Å². The Bertz CT molecular complexity index is 584. The summed E-state index contributed by atoms with van der Waals surface area (Å²) in [7, 11) is 1.82. The van der Waals surface area contributed by atoms with E-state index >= 15 is 0 Å². The molecule has 152 valence electrons. The van der Waals surface area contributed by atoms with Gasteiger partial charge in [-0.2, -0.15) is 11.8 Å². The standard InChI is InChI=1S/C21H35N3O2S/c1-16(2)14-26-19-8-6-18(7-9-19)17(3)24-20(22-4)23-15-21(27-5)10-12-25-13-11-21/h6-9,16-17H,10-15H2,1-5H3,(H2,22,23,24). The van der Waals surface area contributed by atoms with Gasteiger partial charge in [-0.05, 0) is 49.6 Å². The molecule has 0 aromatic heterocycles.